The second-order valence-corrected chi connectivity index (χ2v) is 9.21. The third-order valence-electron chi connectivity index (χ3n) is 6.52. The molecule has 1 aliphatic heterocycles. The first kappa shape index (κ1) is 24.9. The number of nitrogens with one attached hydrogen (secondary N) is 1. The number of allylic oxidation sites excluding steroid dienone is 2. The minimum atomic E-state index is -0.0636. The van der Waals surface area contributed by atoms with E-state index in [2.05, 4.69) is 20.1 Å². The number of thiocarbonyl (C=S) groups is 1. The molecule has 1 heterocycles. The van der Waals surface area contributed by atoms with Crippen molar-refractivity contribution in [1.29, 1.82) is 0 Å². The molecular weight excluding hydrogens is 460 g/mol. The lowest BCUT2D eigenvalue weighted by Crippen LogP contribution is -2.50. The number of rotatable bonds is 7. The number of carbonyl (C=O) groups excluding carboxylic acids is 1. The number of aliphatic imine (C=N–C) groups is 1. The molecule has 1 fully saturated rings. The molecule has 0 bridgehead atoms. The normalized spacial score (nSPS) is 19.3. The zero-order valence-corrected chi connectivity index (χ0v) is 20.8. The van der Waals surface area contributed by atoms with Crippen molar-refractivity contribution in [3.05, 3.63) is 71.5 Å². The Morgan fingerprint density at radius 3 is 2.49 bits per heavy atom. The van der Waals surface area contributed by atoms with Crippen molar-refractivity contribution in [2.75, 3.05) is 51.7 Å². The molecule has 0 saturated carbocycles. The zero-order valence-electron chi connectivity index (χ0n) is 20.0. The molecule has 0 radical (unpaired) electrons. The lowest BCUT2D eigenvalue weighted by molar-refractivity contribution is -0.116. The Balaban J connectivity index is 1.21. The third kappa shape index (κ3) is 6.68. The molecule has 1 atom stereocenters. The van der Waals surface area contributed by atoms with Crippen LogP contribution in [-0.2, 0) is 4.79 Å². The van der Waals surface area contributed by atoms with Crippen LogP contribution >= 0.6 is 12.2 Å². The van der Waals surface area contributed by atoms with Crippen molar-refractivity contribution in [2.24, 2.45) is 4.99 Å². The highest BCUT2D eigenvalue weighted by atomic mass is 32.1. The minimum absolute atomic E-state index is 0.0238. The molecule has 184 valence electrons. The fraction of sp³-hybridized carbons (Fsp3) is 0.370. The number of hydrogen-bond acceptors (Lipinski definition) is 6. The molecular formula is C27H32N4O3S. The Morgan fingerprint density at radius 1 is 1.11 bits per heavy atom. The van der Waals surface area contributed by atoms with E-state index in [9.17, 15) is 9.90 Å². The van der Waals surface area contributed by atoms with Crippen LogP contribution in [-0.4, -0.2) is 78.4 Å². The van der Waals surface area contributed by atoms with Gasteiger partial charge in [0.2, 0.25) is 0 Å². The number of nitrogens with zero attached hydrogens (tertiary/aromatic N) is 3. The quantitative estimate of drug-likeness (QED) is 0.446. The molecule has 8 heteroatoms. The van der Waals surface area contributed by atoms with Crippen LogP contribution in [0.1, 0.15) is 24.3 Å². The Kier molecular flexibility index (Phi) is 8.50. The van der Waals surface area contributed by atoms with Crippen molar-refractivity contribution in [3.8, 4) is 5.75 Å². The third-order valence-corrected chi connectivity index (χ3v) is 6.88. The van der Waals surface area contributed by atoms with Crippen molar-refractivity contribution in [2.45, 2.75) is 18.8 Å². The lowest BCUT2D eigenvalue weighted by Gasteiger charge is -2.36. The van der Waals surface area contributed by atoms with Crippen LogP contribution < -0.4 is 10.1 Å². The van der Waals surface area contributed by atoms with Gasteiger partial charge in [-0.15, -0.1) is 0 Å². The topological polar surface area (TPSA) is 77.4 Å². The van der Waals surface area contributed by atoms with E-state index in [-0.39, 0.29) is 17.5 Å². The summed E-state index contributed by atoms with van der Waals surface area (Å²) in [6.07, 6.45) is 2.37. The summed E-state index contributed by atoms with van der Waals surface area (Å²) in [4.78, 5) is 21.6. The first-order valence-electron chi connectivity index (χ1n) is 12.0. The van der Waals surface area contributed by atoms with Crippen LogP contribution in [0.25, 0.3) is 0 Å². The van der Waals surface area contributed by atoms with Gasteiger partial charge in [-0.2, -0.15) is 0 Å². The van der Waals surface area contributed by atoms with E-state index in [0.717, 1.165) is 54.8 Å². The molecule has 2 aromatic carbocycles. The molecule has 0 aromatic heterocycles. The molecule has 2 N–H and O–H groups in total. The van der Waals surface area contributed by atoms with Crippen LogP contribution in [0.3, 0.4) is 0 Å². The highest BCUT2D eigenvalue weighted by Crippen LogP contribution is 2.33. The van der Waals surface area contributed by atoms with Gasteiger partial charge in [-0.05, 0) is 48.0 Å². The number of aliphatic hydroxyl groups excluding tert-OH is 1. The van der Waals surface area contributed by atoms with E-state index in [4.69, 9.17) is 17.0 Å². The fourth-order valence-corrected chi connectivity index (χ4v) is 4.72. The SMILES string of the molecule is COc1ccc(C2CC(=O)C(C=NCCN3CCN(C(=S)Nc4ccccc4)CC3)=C(O)C2)cc1. The van der Waals surface area contributed by atoms with Gasteiger partial charge in [-0.25, -0.2) is 0 Å². The number of ketones is 1. The highest BCUT2D eigenvalue weighted by Gasteiger charge is 2.27. The number of carbonyl (C=O) groups is 1. The summed E-state index contributed by atoms with van der Waals surface area (Å²) in [5.41, 5.74) is 2.37. The van der Waals surface area contributed by atoms with Crippen molar-refractivity contribution in [3.63, 3.8) is 0 Å². The molecule has 7 nitrogen and oxygen atoms in total. The van der Waals surface area contributed by atoms with Gasteiger partial charge in [0.1, 0.15) is 11.5 Å². The smallest absolute Gasteiger partial charge is 0.173 e. The summed E-state index contributed by atoms with van der Waals surface area (Å²) in [6, 6.07) is 17.6. The Labute approximate surface area is 212 Å². The van der Waals surface area contributed by atoms with Crippen LogP contribution in [0, 0.1) is 0 Å². The van der Waals surface area contributed by atoms with Gasteiger partial charge in [0.15, 0.2) is 10.9 Å². The lowest BCUT2D eigenvalue weighted by atomic mass is 9.83. The van der Waals surface area contributed by atoms with E-state index in [1.54, 1.807) is 13.3 Å². The van der Waals surface area contributed by atoms with Gasteiger partial charge in [0.25, 0.3) is 0 Å². The predicted molar refractivity (Wildman–Crippen MR) is 144 cm³/mol. The molecule has 2 aliphatic rings. The maximum Gasteiger partial charge on any atom is 0.173 e. The van der Waals surface area contributed by atoms with Crippen LogP contribution in [0.15, 0.2) is 70.9 Å². The maximum atomic E-state index is 12.7. The monoisotopic (exact) mass is 492 g/mol. The van der Waals surface area contributed by atoms with E-state index in [1.165, 1.54) is 0 Å². The molecule has 0 amide bonds. The van der Waals surface area contributed by atoms with Crippen LogP contribution in [0.5, 0.6) is 5.75 Å². The first-order valence-corrected chi connectivity index (χ1v) is 12.4. The standard InChI is InChI=1S/C27H32N4O3S/c1-34-23-9-7-20(8-10-23)21-17-25(32)24(26(33)18-21)19-28-11-12-30-13-15-31(16-14-30)27(35)29-22-5-3-2-4-6-22/h2-10,19,21,32H,11-18H2,1H3,(H,29,35). The molecule has 1 aliphatic carbocycles. The number of Topliss-reactive ketones (excluding diaryl/α,β-unsaturated/α-hetero) is 1. The van der Waals surface area contributed by atoms with E-state index >= 15 is 0 Å². The largest absolute Gasteiger partial charge is 0.511 e. The summed E-state index contributed by atoms with van der Waals surface area (Å²) in [7, 11) is 1.62. The minimum Gasteiger partial charge on any atom is -0.511 e. The van der Waals surface area contributed by atoms with Gasteiger partial charge in [-0.1, -0.05) is 30.3 Å². The number of para-hydroxylation sites is 1. The first-order chi connectivity index (χ1) is 17.0. The molecule has 1 unspecified atom stereocenters. The van der Waals surface area contributed by atoms with E-state index in [0.29, 0.717) is 25.0 Å². The van der Waals surface area contributed by atoms with Gasteiger partial charge < -0.3 is 20.1 Å². The summed E-state index contributed by atoms with van der Waals surface area (Å²) >= 11 is 5.55. The van der Waals surface area contributed by atoms with Crippen LogP contribution in [0.2, 0.25) is 0 Å². The highest BCUT2D eigenvalue weighted by molar-refractivity contribution is 7.80. The second kappa shape index (κ2) is 12.0. The number of piperazine rings is 1. The number of benzene rings is 2. The van der Waals surface area contributed by atoms with Crippen molar-refractivity contribution < 1.29 is 14.6 Å². The maximum absolute atomic E-state index is 12.7. The Hall–Kier alpha value is -3.23. The van der Waals surface area contributed by atoms with Crippen LogP contribution in [0.4, 0.5) is 5.69 Å². The summed E-state index contributed by atoms with van der Waals surface area (Å²) in [5.74, 6) is 0.811. The van der Waals surface area contributed by atoms with Gasteiger partial charge >= 0.3 is 0 Å². The number of hydrogen-bond donors (Lipinski definition) is 2. The Bertz CT molecular complexity index is 1080. The summed E-state index contributed by atoms with van der Waals surface area (Å²) in [6.45, 7) is 4.92. The van der Waals surface area contributed by atoms with Crippen molar-refractivity contribution in [1.82, 2.24) is 9.80 Å². The molecule has 4 rings (SSSR count). The van der Waals surface area contributed by atoms with E-state index < -0.39 is 0 Å². The Morgan fingerprint density at radius 2 is 1.83 bits per heavy atom. The molecule has 35 heavy (non-hydrogen) atoms. The van der Waals surface area contributed by atoms with Gasteiger partial charge in [0.05, 0.1) is 19.2 Å². The average Bonchev–Trinajstić information content (AvgIpc) is 2.88. The molecule has 2 aromatic rings. The van der Waals surface area contributed by atoms with Crippen molar-refractivity contribution >= 4 is 35.0 Å². The number of methoxy groups -OCH3 is 1. The van der Waals surface area contributed by atoms with Gasteiger partial charge in [-0.3, -0.25) is 14.7 Å². The summed E-state index contributed by atoms with van der Waals surface area (Å²) in [5, 5.41) is 14.6. The number of anilines is 1. The number of aliphatic hydroxyl groups is 1. The molecule has 1 saturated heterocycles. The molecule has 0 spiro atoms. The predicted octanol–water partition coefficient (Wildman–Crippen LogP) is 4.04. The van der Waals surface area contributed by atoms with E-state index in [1.807, 2.05) is 54.6 Å². The summed E-state index contributed by atoms with van der Waals surface area (Å²) < 4.78 is 5.19. The zero-order chi connectivity index (χ0) is 24.6. The average molecular weight is 493 g/mol. The fourth-order valence-electron chi connectivity index (χ4n) is 4.42. The number of ether oxygens (including phenoxy) is 1. The second-order valence-electron chi connectivity index (χ2n) is 8.82. The van der Waals surface area contributed by atoms with Gasteiger partial charge in [0, 0.05) is 57.5 Å².